The van der Waals surface area contributed by atoms with E-state index in [1.165, 1.54) is 4.90 Å². The molecule has 1 fully saturated rings. The van der Waals surface area contributed by atoms with Crippen molar-refractivity contribution in [3.05, 3.63) is 75.7 Å². The number of carbonyl (C=O) groups is 2. The number of carbonyl (C=O) groups excluding carboxylic acids is 2. The summed E-state index contributed by atoms with van der Waals surface area (Å²) >= 11 is 7.74. The molecule has 0 saturated carbocycles. The Balaban J connectivity index is 1.31. The molecule has 186 valence electrons. The number of halogens is 1. The average molecular weight is 517 g/mol. The van der Waals surface area contributed by atoms with Crippen LogP contribution in [0.5, 0.6) is 0 Å². The van der Waals surface area contributed by atoms with Crippen molar-refractivity contribution < 1.29 is 19.8 Å². The summed E-state index contributed by atoms with van der Waals surface area (Å²) in [6.07, 6.45) is -2.24. The summed E-state index contributed by atoms with van der Waals surface area (Å²) in [4.78, 5) is 26.9. The first-order chi connectivity index (χ1) is 16.9. The van der Waals surface area contributed by atoms with Crippen LogP contribution in [0.2, 0.25) is 5.02 Å². The topological polar surface area (TPSA) is 114 Å². The SMILES string of the molecule is CNC1NC(c2ccc(CNC(=O)[C@H](O)[C@@H](O)C(=O)N3CCCC3c3cccc(Cl)c3)cc2)=CS1. The number of aliphatic hydroxyl groups excluding tert-OH is 2. The van der Waals surface area contributed by atoms with Crippen LogP contribution in [0.15, 0.2) is 53.9 Å². The first kappa shape index (κ1) is 25.5. The summed E-state index contributed by atoms with van der Waals surface area (Å²) in [5.74, 6) is -1.48. The van der Waals surface area contributed by atoms with E-state index in [1.807, 2.05) is 48.9 Å². The molecular formula is C25H29ClN4O4S. The van der Waals surface area contributed by atoms with E-state index in [0.29, 0.717) is 11.6 Å². The van der Waals surface area contributed by atoms with Gasteiger partial charge in [0.1, 0.15) is 5.50 Å². The quantitative estimate of drug-likeness (QED) is 0.365. The minimum Gasteiger partial charge on any atom is -0.380 e. The zero-order valence-electron chi connectivity index (χ0n) is 19.3. The van der Waals surface area contributed by atoms with Crippen LogP contribution in [0.3, 0.4) is 0 Å². The number of hydrogen-bond acceptors (Lipinski definition) is 7. The Bertz CT molecular complexity index is 1100. The third kappa shape index (κ3) is 5.99. The van der Waals surface area contributed by atoms with E-state index >= 15 is 0 Å². The Morgan fingerprint density at radius 2 is 1.97 bits per heavy atom. The van der Waals surface area contributed by atoms with E-state index < -0.39 is 24.0 Å². The minimum atomic E-state index is -1.87. The van der Waals surface area contributed by atoms with E-state index in [0.717, 1.165) is 35.2 Å². The number of aliphatic hydroxyl groups is 2. The third-order valence-corrected chi connectivity index (χ3v) is 7.43. The Morgan fingerprint density at radius 3 is 2.66 bits per heavy atom. The molecule has 4 atom stereocenters. The van der Waals surface area contributed by atoms with Crippen molar-refractivity contribution in [1.29, 1.82) is 0 Å². The lowest BCUT2D eigenvalue weighted by Crippen LogP contribution is -2.50. The lowest BCUT2D eigenvalue weighted by atomic mass is 10.0. The molecule has 2 amide bonds. The van der Waals surface area contributed by atoms with Crippen molar-refractivity contribution in [1.82, 2.24) is 20.9 Å². The lowest BCUT2D eigenvalue weighted by molar-refractivity contribution is -0.153. The van der Waals surface area contributed by atoms with Crippen LogP contribution in [0, 0.1) is 0 Å². The number of nitrogens with zero attached hydrogens (tertiary/aromatic N) is 1. The number of thioether (sulfide) groups is 1. The molecular weight excluding hydrogens is 488 g/mol. The van der Waals surface area contributed by atoms with Gasteiger partial charge in [0.05, 0.1) is 6.04 Å². The summed E-state index contributed by atoms with van der Waals surface area (Å²) in [6, 6.07) is 14.6. The standard InChI is InChI=1S/C25H29ClN4O4S/c1-27-25-29-19(14-35-25)16-9-7-15(8-10-16)13-28-23(33)21(31)22(32)24(34)30-11-3-6-20(30)17-4-2-5-18(26)12-17/h2,4-5,7-10,12,14,20-22,25,27,29,31-32H,3,6,11,13H2,1H3,(H,28,33)/t20?,21-,22-,25?/m1/s1. The normalized spacial score (nSPS) is 21.3. The summed E-state index contributed by atoms with van der Waals surface area (Å²) in [7, 11) is 1.88. The average Bonchev–Trinajstić information content (AvgIpc) is 3.56. The van der Waals surface area contributed by atoms with E-state index in [9.17, 15) is 19.8 Å². The maximum absolute atomic E-state index is 12.9. The molecule has 2 aromatic rings. The largest absolute Gasteiger partial charge is 0.380 e. The van der Waals surface area contributed by atoms with E-state index in [4.69, 9.17) is 11.6 Å². The maximum atomic E-state index is 12.9. The summed E-state index contributed by atoms with van der Waals surface area (Å²) in [6.45, 7) is 0.596. The summed E-state index contributed by atoms with van der Waals surface area (Å²) in [5.41, 5.74) is 3.86. The molecule has 0 spiro atoms. The predicted molar refractivity (Wildman–Crippen MR) is 137 cm³/mol. The molecule has 35 heavy (non-hydrogen) atoms. The maximum Gasteiger partial charge on any atom is 0.255 e. The van der Waals surface area contributed by atoms with Crippen molar-refractivity contribution in [3.8, 4) is 0 Å². The van der Waals surface area contributed by atoms with E-state index in [2.05, 4.69) is 16.0 Å². The van der Waals surface area contributed by atoms with Crippen LogP contribution in [0.1, 0.15) is 35.6 Å². The summed E-state index contributed by atoms with van der Waals surface area (Å²) in [5, 5.41) is 32.6. The van der Waals surface area contributed by atoms with Gasteiger partial charge in [0, 0.05) is 23.8 Å². The molecule has 2 unspecified atom stereocenters. The van der Waals surface area contributed by atoms with Crippen LogP contribution >= 0.6 is 23.4 Å². The van der Waals surface area contributed by atoms with Gasteiger partial charge in [-0.1, -0.05) is 59.8 Å². The monoisotopic (exact) mass is 516 g/mol. The van der Waals surface area contributed by atoms with E-state index in [-0.39, 0.29) is 18.1 Å². The van der Waals surface area contributed by atoms with Crippen LogP contribution in [-0.4, -0.2) is 58.2 Å². The number of likely N-dealkylation sites (tertiary alicyclic amines) is 1. The van der Waals surface area contributed by atoms with Crippen molar-refractivity contribution in [2.75, 3.05) is 13.6 Å². The highest BCUT2D eigenvalue weighted by Gasteiger charge is 2.38. The lowest BCUT2D eigenvalue weighted by Gasteiger charge is -2.28. The number of amides is 2. The summed E-state index contributed by atoms with van der Waals surface area (Å²) < 4.78 is 0. The second-order valence-corrected chi connectivity index (χ2v) is 9.95. The molecule has 2 aliphatic rings. The number of nitrogens with one attached hydrogen (secondary N) is 3. The van der Waals surface area contributed by atoms with Crippen LogP contribution in [-0.2, 0) is 16.1 Å². The van der Waals surface area contributed by atoms with Crippen molar-refractivity contribution in [3.63, 3.8) is 0 Å². The Morgan fingerprint density at radius 1 is 1.20 bits per heavy atom. The fraction of sp³-hybridized carbons (Fsp3) is 0.360. The molecule has 2 aromatic carbocycles. The number of rotatable bonds is 8. The highest BCUT2D eigenvalue weighted by Crippen LogP contribution is 2.33. The molecule has 0 aromatic heterocycles. The van der Waals surface area contributed by atoms with Gasteiger partial charge in [0.2, 0.25) is 0 Å². The molecule has 0 aliphatic carbocycles. The number of hydrogen-bond donors (Lipinski definition) is 5. The molecule has 1 saturated heterocycles. The molecule has 5 N–H and O–H groups in total. The van der Waals surface area contributed by atoms with Gasteiger partial charge in [-0.05, 0) is 54.1 Å². The Labute approximate surface area is 213 Å². The van der Waals surface area contributed by atoms with Gasteiger partial charge in [-0.2, -0.15) is 0 Å². The van der Waals surface area contributed by atoms with Gasteiger partial charge >= 0.3 is 0 Å². The molecule has 4 rings (SSSR count). The smallest absolute Gasteiger partial charge is 0.255 e. The number of benzene rings is 2. The highest BCUT2D eigenvalue weighted by atomic mass is 35.5. The Kier molecular flexibility index (Phi) is 8.35. The molecule has 0 radical (unpaired) electrons. The van der Waals surface area contributed by atoms with Gasteiger partial charge in [0.25, 0.3) is 11.8 Å². The van der Waals surface area contributed by atoms with Gasteiger partial charge < -0.3 is 25.7 Å². The predicted octanol–water partition coefficient (Wildman–Crippen LogP) is 2.18. The Hall–Kier alpha value is -2.56. The van der Waals surface area contributed by atoms with Crippen molar-refractivity contribution in [2.24, 2.45) is 0 Å². The molecule has 2 aliphatic heterocycles. The zero-order chi connectivity index (χ0) is 24.9. The fourth-order valence-electron chi connectivity index (χ4n) is 4.27. The van der Waals surface area contributed by atoms with Crippen molar-refractivity contribution in [2.45, 2.75) is 43.1 Å². The molecule has 2 heterocycles. The first-order valence-electron chi connectivity index (χ1n) is 11.5. The van der Waals surface area contributed by atoms with Gasteiger partial charge in [-0.15, -0.1) is 0 Å². The fourth-order valence-corrected chi connectivity index (χ4v) is 5.28. The van der Waals surface area contributed by atoms with Gasteiger partial charge in [-0.3, -0.25) is 14.9 Å². The first-order valence-corrected chi connectivity index (χ1v) is 12.8. The van der Waals surface area contributed by atoms with Crippen LogP contribution < -0.4 is 16.0 Å². The molecule has 10 heteroatoms. The molecule has 0 bridgehead atoms. The zero-order valence-corrected chi connectivity index (χ0v) is 20.9. The van der Waals surface area contributed by atoms with Gasteiger partial charge in [0.15, 0.2) is 12.2 Å². The second-order valence-electron chi connectivity index (χ2n) is 8.53. The van der Waals surface area contributed by atoms with Crippen LogP contribution in [0.25, 0.3) is 5.70 Å². The third-order valence-electron chi connectivity index (χ3n) is 6.19. The van der Waals surface area contributed by atoms with E-state index in [1.54, 1.807) is 23.9 Å². The van der Waals surface area contributed by atoms with Crippen LogP contribution in [0.4, 0.5) is 0 Å². The molecule has 8 nitrogen and oxygen atoms in total. The van der Waals surface area contributed by atoms with Gasteiger partial charge in [-0.25, -0.2) is 0 Å². The second kappa shape index (κ2) is 11.5. The highest BCUT2D eigenvalue weighted by molar-refractivity contribution is 8.03. The minimum absolute atomic E-state index is 0.140. The van der Waals surface area contributed by atoms with Crippen molar-refractivity contribution >= 4 is 40.9 Å².